The maximum atomic E-state index is 12.5. The molecule has 5 N–H and O–H groups in total. The number of hydrogen-bond acceptors (Lipinski definition) is 5. The third-order valence-electron chi connectivity index (χ3n) is 6.59. The Bertz CT molecular complexity index is 1020. The molecule has 3 rings (SSSR count). The quantitative estimate of drug-likeness (QED) is 0.477. The molecule has 1 saturated carbocycles. The van der Waals surface area contributed by atoms with Gasteiger partial charge in [-0.2, -0.15) is 0 Å². The normalized spacial score (nSPS) is 28.9. The molecule has 1 aromatic heterocycles. The van der Waals surface area contributed by atoms with Gasteiger partial charge in [-0.3, -0.25) is 14.6 Å². The minimum Gasteiger partial charge on any atom is -0.390 e. The van der Waals surface area contributed by atoms with E-state index in [4.69, 9.17) is 0 Å². The van der Waals surface area contributed by atoms with E-state index >= 15 is 0 Å². The summed E-state index contributed by atoms with van der Waals surface area (Å²) in [7, 11) is 0. The molecule has 0 saturated heterocycles. The van der Waals surface area contributed by atoms with Gasteiger partial charge >= 0.3 is 5.69 Å². The van der Waals surface area contributed by atoms with Crippen LogP contribution in [-0.2, 0) is 11.2 Å². The topological polar surface area (TPSA) is 135 Å². The summed E-state index contributed by atoms with van der Waals surface area (Å²) >= 11 is 0. The van der Waals surface area contributed by atoms with E-state index in [0.29, 0.717) is 19.4 Å². The van der Waals surface area contributed by atoms with Crippen molar-refractivity contribution in [1.29, 1.82) is 0 Å². The van der Waals surface area contributed by atoms with E-state index in [1.54, 1.807) is 0 Å². The van der Waals surface area contributed by atoms with Gasteiger partial charge in [0.1, 0.15) is 0 Å². The number of aromatic nitrogens is 2. The molecule has 0 aliphatic heterocycles. The number of aromatic amines is 2. The minimum absolute atomic E-state index is 0.137. The zero-order chi connectivity index (χ0) is 23.3. The monoisotopic (exact) mass is 443 g/mol. The van der Waals surface area contributed by atoms with Gasteiger partial charge in [0.2, 0.25) is 5.91 Å². The van der Waals surface area contributed by atoms with Crippen LogP contribution in [0.4, 0.5) is 0 Å². The van der Waals surface area contributed by atoms with Crippen LogP contribution in [0.2, 0.25) is 0 Å². The summed E-state index contributed by atoms with van der Waals surface area (Å²) < 4.78 is 0. The standard InChI is InChI=1S/C24H33N3O5/c1-15-8-9-24(2,14-26-20(29)11-17-13-25-23(32)27-22(17)31)12-18(21(30)19(28)10-15)16-6-4-3-5-7-16/h3-7,13,15,18-19,21,28,30H,8-12,14H2,1-2H3,(H,26,29)(H2,25,27,31,32)/t15-,18-,19+,21-,24+/m1/s1. The third kappa shape index (κ3) is 6.17. The number of carbonyl (C=O) groups excluding carboxylic acids is 1. The van der Waals surface area contributed by atoms with Gasteiger partial charge in [0, 0.05) is 24.2 Å². The van der Waals surface area contributed by atoms with Crippen molar-refractivity contribution < 1.29 is 15.0 Å². The summed E-state index contributed by atoms with van der Waals surface area (Å²) in [5.41, 5.74) is -0.346. The number of amides is 1. The van der Waals surface area contributed by atoms with Gasteiger partial charge in [-0.25, -0.2) is 4.79 Å². The highest BCUT2D eigenvalue weighted by molar-refractivity contribution is 5.78. The fraction of sp³-hybridized carbons (Fsp3) is 0.542. The molecule has 1 heterocycles. The SMILES string of the molecule is C[C@@H]1CC[C@](C)(CNC(=O)Cc2c[nH]c(=O)[nH]c2=O)C[C@H](c2ccccc2)[C@@H](O)[C@@H](O)C1. The van der Waals surface area contributed by atoms with Gasteiger partial charge in [0.15, 0.2) is 0 Å². The number of nitrogens with one attached hydrogen (secondary N) is 3. The fourth-order valence-corrected chi connectivity index (χ4v) is 4.58. The van der Waals surface area contributed by atoms with Crippen LogP contribution in [0, 0.1) is 11.3 Å². The predicted octanol–water partition coefficient (Wildman–Crippen LogP) is 1.44. The number of aliphatic hydroxyl groups excluding tert-OH is 2. The maximum absolute atomic E-state index is 12.5. The average Bonchev–Trinajstić information content (AvgIpc) is 2.80. The Labute approximate surface area is 187 Å². The predicted molar refractivity (Wildman–Crippen MR) is 121 cm³/mol. The number of hydrogen-bond donors (Lipinski definition) is 5. The Balaban J connectivity index is 1.76. The van der Waals surface area contributed by atoms with Gasteiger partial charge in [-0.1, -0.05) is 50.6 Å². The van der Waals surface area contributed by atoms with Gasteiger partial charge in [0.05, 0.1) is 18.6 Å². The summed E-state index contributed by atoms with van der Waals surface area (Å²) in [6.07, 6.45) is 2.25. The second kappa shape index (κ2) is 10.3. The molecule has 8 nitrogen and oxygen atoms in total. The zero-order valence-corrected chi connectivity index (χ0v) is 18.6. The van der Waals surface area contributed by atoms with Crippen LogP contribution < -0.4 is 16.6 Å². The van der Waals surface area contributed by atoms with Crippen LogP contribution in [0.15, 0.2) is 46.1 Å². The lowest BCUT2D eigenvalue weighted by Gasteiger charge is -2.36. The van der Waals surface area contributed by atoms with E-state index in [-0.39, 0.29) is 35.1 Å². The Kier molecular flexibility index (Phi) is 7.69. The molecular formula is C24H33N3O5. The van der Waals surface area contributed by atoms with E-state index in [2.05, 4.69) is 29.1 Å². The first-order valence-electron chi connectivity index (χ1n) is 11.2. The molecule has 1 fully saturated rings. The van der Waals surface area contributed by atoms with Crippen LogP contribution in [-0.4, -0.2) is 44.8 Å². The molecule has 0 unspecified atom stereocenters. The summed E-state index contributed by atoms with van der Waals surface area (Å²) in [6.45, 7) is 4.54. The second-order valence-electron chi connectivity index (χ2n) is 9.52. The lowest BCUT2D eigenvalue weighted by atomic mass is 9.73. The Morgan fingerprint density at radius 3 is 2.62 bits per heavy atom. The lowest BCUT2D eigenvalue weighted by Crippen LogP contribution is -2.40. The summed E-state index contributed by atoms with van der Waals surface area (Å²) in [6, 6.07) is 9.68. The molecule has 32 heavy (non-hydrogen) atoms. The first-order valence-corrected chi connectivity index (χ1v) is 11.2. The van der Waals surface area contributed by atoms with Crippen LogP contribution in [0.25, 0.3) is 0 Å². The van der Waals surface area contributed by atoms with Gasteiger partial charge in [0.25, 0.3) is 5.56 Å². The van der Waals surface area contributed by atoms with Crippen LogP contribution in [0.5, 0.6) is 0 Å². The van der Waals surface area contributed by atoms with E-state index in [1.165, 1.54) is 6.20 Å². The fourth-order valence-electron chi connectivity index (χ4n) is 4.58. The number of carbonyl (C=O) groups is 1. The molecule has 174 valence electrons. The van der Waals surface area contributed by atoms with Crippen molar-refractivity contribution in [3.63, 3.8) is 0 Å². The summed E-state index contributed by atoms with van der Waals surface area (Å²) in [5, 5.41) is 24.6. The highest BCUT2D eigenvalue weighted by Crippen LogP contribution is 2.41. The minimum atomic E-state index is -0.896. The van der Waals surface area contributed by atoms with E-state index < -0.39 is 23.5 Å². The number of H-pyrrole nitrogens is 2. The van der Waals surface area contributed by atoms with Crippen molar-refractivity contribution in [3.8, 4) is 0 Å². The van der Waals surface area contributed by atoms with E-state index in [1.807, 2.05) is 30.3 Å². The number of aliphatic hydroxyl groups is 2. The highest BCUT2D eigenvalue weighted by atomic mass is 16.3. The van der Waals surface area contributed by atoms with Crippen LogP contribution >= 0.6 is 0 Å². The van der Waals surface area contributed by atoms with Crippen molar-refractivity contribution in [2.45, 2.75) is 64.1 Å². The largest absolute Gasteiger partial charge is 0.390 e. The molecule has 1 aliphatic carbocycles. The molecular weight excluding hydrogens is 410 g/mol. The van der Waals surface area contributed by atoms with Gasteiger partial charge < -0.3 is 20.5 Å². The smallest absolute Gasteiger partial charge is 0.325 e. The van der Waals surface area contributed by atoms with Crippen molar-refractivity contribution in [2.24, 2.45) is 11.3 Å². The molecule has 1 aromatic carbocycles. The molecule has 1 aliphatic rings. The van der Waals surface area contributed by atoms with Crippen LogP contribution in [0.3, 0.4) is 0 Å². The zero-order valence-electron chi connectivity index (χ0n) is 18.6. The first kappa shape index (κ1) is 23.9. The van der Waals surface area contributed by atoms with E-state index in [9.17, 15) is 24.6 Å². The van der Waals surface area contributed by atoms with Crippen molar-refractivity contribution in [3.05, 3.63) is 68.5 Å². The van der Waals surface area contributed by atoms with Gasteiger partial charge in [-0.15, -0.1) is 0 Å². The molecule has 2 aromatic rings. The number of rotatable bonds is 5. The third-order valence-corrected chi connectivity index (χ3v) is 6.59. The molecule has 5 atom stereocenters. The molecule has 0 spiro atoms. The Morgan fingerprint density at radius 1 is 1.22 bits per heavy atom. The first-order chi connectivity index (χ1) is 15.2. The summed E-state index contributed by atoms with van der Waals surface area (Å²) in [5.74, 6) is -0.335. The molecule has 0 radical (unpaired) electrons. The molecule has 1 amide bonds. The van der Waals surface area contributed by atoms with Crippen molar-refractivity contribution in [2.75, 3.05) is 6.54 Å². The molecule has 0 bridgehead atoms. The lowest BCUT2D eigenvalue weighted by molar-refractivity contribution is -0.121. The maximum Gasteiger partial charge on any atom is 0.325 e. The Morgan fingerprint density at radius 2 is 1.94 bits per heavy atom. The van der Waals surface area contributed by atoms with Crippen molar-refractivity contribution in [1.82, 2.24) is 15.3 Å². The molecule has 8 heteroatoms. The highest BCUT2D eigenvalue weighted by Gasteiger charge is 2.37. The van der Waals surface area contributed by atoms with E-state index in [0.717, 1.165) is 18.4 Å². The Hall–Kier alpha value is -2.71. The van der Waals surface area contributed by atoms with Gasteiger partial charge in [-0.05, 0) is 36.2 Å². The van der Waals surface area contributed by atoms with Crippen LogP contribution in [0.1, 0.15) is 56.6 Å². The average molecular weight is 444 g/mol. The summed E-state index contributed by atoms with van der Waals surface area (Å²) in [4.78, 5) is 40.1. The van der Waals surface area contributed by atoms with Crippen molar-refractivity contribution >= 4 is 5.91 Å². The second-order valence-corrected chi connectivity index (χ2v) is 9.52. The number of benzene rings is 1.